The van der Waals surface area contributed by atoms with E-state index in [0.29, 0.717) is 6.42 Å². The molecule has 0 aliphatic carbocycles. The molecule has 0 unspecified atom stereocenters. The van der Waals surface area contributed by atoms with Crippen molar-refractivity contribution in [3.63, 3.8) is 0 Å². The van der Waals surface area contributed by atoms with Gasteiger partial charge >= 0.3 is 11.9 Å². The Bertz CT molecular complexity index is 543. The predicted molar refractivity (Wildman–Crippen MR) is 144 cm³/mol. The van der Waals surface area contributed by atoms with Gasteiger partial charge in [-0.05, 0) is 119 Å². The van der Waals surface area contributed by atoms with E-state index in [9.17, 15) is 9.59 Å². The Morgan fingerprint density at radius 2 is 0.943 bits per heavy atom. The SMILES string of the molecule is CC(C)(C)OC(=O)C(N)(CCCCNCCCCCCCNCCCCCN)C(=O)OC(C)(C)C. The van der Waals surface area contributed by atoms with Gasteiger partial charge in [0.25, 0.3) is 0 Å². The fourth-order valence-electron chi connectivity index (χ4n) is 3.53. The van der Waals surface area contributed by atoms with E-state index in [1.807, 2.05) is 0 Å². The van der Waals surface area contributed by atoms with Crippen molar-refractivity contribution in [1.29, 1.82) is 0 Å². The van der Waals surface area contributed by atoms with E-state index in [4.69, 9.17) is 20.9 Å². The molecule has 0 aliphatic rings. The molecule has 8 heteroatoms. The lowest BCUT2D eigenvalue weighted by atomic mass is 9.93. The van der Waals surface area contributed by atoms with E-state index in [1.165, 1.54) is 38.5 Å². The van der Waals surface area contributed by atoms with Gasteiger partial charge in [-0.15, -0.1) is 0 Å². The molecule has 0 aromatic carbocycles. The number of carbonyl (C=O) groups is 2. The van der Waals surface area contributed by atoms with Crippen LogP contribution in [0.4, 0.5) is 0 Å². The molecule has 0 heterocycles. The van der Waals surface area contributed by atoms with Crippen LogP contribution < -0.4 is 22.1 Å². The summed E-state index contributed by atoms with van der Waals surface area (Å²) < 4.78 is 10.9. The van der Waals surface area contributed by atoms with E-state index < -0.39 is 28.7 Å². The van der Waals surface area contributed by atoms with Gasteiger partial charge in [-0.25, -0.2) is 9.59 Å². The summed E-state index contributed by atoms with van der Waals surface area (Å²) in [5.74, 6) is -1.46. The topological polar surface area (TPSA) is 129 Å². The van der Waals surface area contributed by atoms with E-state index in [2.05, 4.69) is 10.6 Å². The van der Waals surface area contributed by atoms with Crippen molar-refractivity contribution >= 4 is 11.9 Å². The van der Waals surface area contributed by atoms with E-state index >= 15 is 0 Å². The second-order valence-electron chi connectivity index (χ2n) is 11.5. The molecule has 0 aromatic heterocycles. The van der Waals surface area contributed by atoms with Gasteiger partial charge in [0.1, 0.15) is 11.2 Å². The maximum atomic E-state index is 12.7. The molecular weight excluding hydrogens is 444 g/mol. The van der Waals surface area contributed by atoms with Crippen molar-refractivity contribution in [3.05, 3.63) is 0 Å². The first-order valence-corrected chi connectivity index (χ1v) is 13.7. The average molecular weight is 501 g/mol. The predicted octanol–water partition coefficient (Wildman–Crippen LogP) is 3.80. The third kappa shape index (κ3) is 18.7. The summed E-state index contributed by atoms with van der Waals surface area (Å²) in [5.41, 5.74) is 8.53. The number of hydrogen-bond donors (Lipinski definition) is 4. The first-order valence-electron chi connectivity index (χ1n) is 13.7. The minimum Gasteiger partial charge on any atom is -0.458 e. The van der Waals surface area contributed by atoms with Crippen molar-refractivity contribution in [2.24, 2.45) is 11.5 Å². The summed E-state index contributed by atoms with van der Waals surface area (Å²) >= 11 is 0. The van der Waals surface area contributed by atoms with Gasteiger partial charge in [0.15, 0.2) is 0 Å². The van der Waals surface area contributed by atoms with Crippen molar-refractivity contribution < 1.29 is 19.1 Å². The van der Waals surface area contributed by atoms with Crippen LogP contribution in [0.2, 0.25) is 0 Å². The number of unbranched alkanes of at least 4 members (excludes halogenated alkanes) is 7. The molecular formula is C27H56N4O4. The Balaban J connectivity index is 4.03. The molecule has 0 atom stereocenters. The van der Waals surface area contributed by atoms with Crippen LogP contribution >= 0.6 is 0 Å². The molecule has 8 nitrogen and oxygen atoms in total. The second-order valence-corrected chi connectivity index (χ2v) is 11.5. The summed E-state index contributed by atoms with van der Waals surface area (Å²) in [6.07, 6.45) is 11.4. The Morgan fingerprint density at radius 1 is 0.600 bits per heavy atom. The Kier molecular flexibility index (Phi) is 17.5. The molecule has 0 rings (SSSR count). The number of ether oxygens (including phenoxy) is 2. The Hall–Kier alpha value is -1.22. The van der Waals surface area contributed by atoms with Crippen LogP contribution in [0.15, 0.2) is 0 Å². The molecule has 0 amide bonds. The smallest absolute Gasteiger partial charge is 0.338 e. The van der Waals surface area contributed by atoms with E-state index in [-0.39, 0.29) is 6.42 Å². The Morgan fingerprint density at radius 3 is 1.31 bits per heavy atom. The molecule has 0 aliphatic heterocycles. The molecule has 0 aromatic rings. The quantitative estimate of drug-likeness (QED) is 0.113. The molecule has 35 heavy (non-hydrogen) atoms. The number of carbonyl (C=O) groups excluding carboxylic acids is 2. The monoisotopic (exact) mass is 500 g/mol. The second kappa shape index (κ2) is 18.1. The molecule has 0 bridgehead atoms. The first kappa shape index (κ1) is 33.8. The van der Waals surface area contributed by atoms with Gasteiger partial charge < -0.3 is 31.6 Å². The minimum absolute atomic E-state index is 0.194. The Labute approximate surface area is 215 Å². The molecule has 0 radical (unpaired) electrons. The lowest BCUT2D eigenvalue weighted by Gasteiger charge is -2.32. The number of rotatable bonds is 20. The van der Waals surface area contributed by atoms with Gasteiger partial charge in [-0.1, -0.05) is 25.7 Å². The fraction of sp³-hybridized carbons (Fsp3) is 0.926. The van der Waals surface area contributed by atoms with Crippen molar-refractivity contribution in [3.8, 4) is 0 Å². The van der Waals surface area contributed by atoms with Crippen LogP contribution in [0.3, 0.4) is 0 Å². The zero-order valence-corrected chi connectivity index (χ0v) is 23.6. The van der Waals surface area contributed by atoms with Crippen LogP contribution in [-0.4, -0.2) is 61.4 Å². The van der Waals surface area contributed by atoms with Crippen molar-refractivity contribution in [1.82, 2.24) is 10.6 Å². The minimum atomic E-state index is -1.79. The van der Waals surface area contributed by atoms with Gasteiger partial charge in [0, 0.05) is 0 Å². The highest BCUT2D eigenvalue weighted by atomic mass is 16.6. The summed E-state index contributed by atoms with van der Waals surface area (Å²) in [4.78, 5) is 25.5. The van der Waals surface area contributed by atoms with Crippen molar-refractivity contribution in [2.45, 2.75) is 129 Å². The lowest BCUT2D eigenvalue weighted by molar-refractivity contribution is -0.177. The molecule has 0 saturated heterocycles. The number of nitrogens with two attached hydrogens (primary N) is 2. The van der Waals surface area contributed by atoms with Crippen LogP contribution in [-0.2, 0) is 19.1 Å². The zero-order chi connectivity index (χ0) is 26.8. The average Bonchev–Trinajstić information content (AvgIpc) is 2.73. The van der Waals surface area contributed by atoms with Gasteiger partial charge in [-0.3, -0.25) is 0 Å². The zero-order valence-electron chi connectivity index (χ0n) is 23.6. The highest BCUT2D eigenvalue weighted by molar-refractivity contribution is 6.04. The summed E-state index contributed by atoms with van der Waals surface area (Å²) in [5, 5.41) is 6.95. The van der Waals surface area contributed by atoms with Crippen LogP contribution in [0, 0.1) is 0 Å². The molecule has 208 valence electrons. The van der Waals surface area contributed by atoms with Crippen LogP contribution in [0.25, 0.3) is 0 Å². The fourth-order valence-corrected chi connectivity index (χ4v) is 3.53. The first-order chi connectivity index (χ1) is 16.3. The number of hydrogen-bond acceptors (Lipinski definition) is 8. The number of esters is 2. The standard InChI is InChI=1S/C27H56N4O4/c1-25(2,3)34-23(32)27(29,24(33)35-26(4,5)6)17-11-16-22-31-20-14-9-7-8-13-19-30-21-15-10-12-18-28/h30-31H,7-22,28-29H2,1-6H3. The van der Waals surface area contributed by atoms with E-state index in [0.717, 1.165) is 52.0 Å². The number of nitrogens with one attached hydrogen (secondary N) is 2. The third-order valence-electron chi connectivity index (χ3n) is 5.47. The van der Waals surface area contributed by atoms with Crippen molar-refractivity contribution in [2.75, 3.05) is 32.7 Å². The van der Waals surface area contributed by atoms with Crippen LogP contribution in [0.5, 0.6) is 0 Å². The summed E-state index contributed by atoms with van der Waals surface area (Å²) in [7, 11) is 0. The van der Waals surface area contributed by atoms with Gasteiger partial charge in [0.05, 0.1) is 0 Å². The van der Waals surface area contributed by atoms with Gasteiger partial charge in [-0.2, -0.15) is 0 Å². The maximum Gasteiger partial charge on any atom is 0.338 e. The molecule has 0 spiro atoms. The van der Waals surface area contributed by atoms with E-state index in [1.54, 1.807) is 41.5 Å². The highest BCUT2D eigenvalue weighted by Gasteiger charge is 2.47. The molecule has 6 N–H and O–H groups in total. The normalized spacial score (nSPS) is 12.6. The third-order valence-corrected chi connectivity index (χ3v) is 5.47. The van der Waals surface area contributed by atoms with Crippen LogP contribution in [0.1, 0.15) is 112 Å². The molecule has 0 fully saturated rings. The summed E-state index contributed by atoms with van der Waals surface area (Å²) in [6.45, 7) is 15.4. The maximum absolute atomic E-state index is 12.7. The molecule has 0 saturated carbocycles. The lowest BCUT2D eigenvalue weighted by Crippen LogP contribution is -2.59. The summed E-state index contributed by atoms with van der Waals surface area (Å²) in [6, 6.07) is 0. The largest absolute Gasteiger partial charge is 0.458 e. The highest BCUT2D eigenvalue weighted by Crippen LogP contribution is 2.22. The van der Waals surface area contributed by atoms with Gasteiger partial charge in [0.2, 0.25) is 5.54 Å².